The van der Waals surface area contributed by atoms with E-state index in [2.05, 4.69) is 5.32 Å². The lowest BCUT2D eigenvalue weighted by molar-refractivity contribution is -0.119. The van der Waals surface area contributed by atoms with Crippen molar-refractivity contribution in [1.29, 1.82) is 0 Å². The number of anilines is 1. The van der Waals surface area contributed by atoms with Gasteiger partial charge in [-0.25, -0.2) is 0 Å². The second kappa shape index (κ2) is 7.25. The van der Waals surface area contributed by atoms with E-state index in [1.165, 1.54) is 25.7 Å². The summed E-state index contributed by atoms with van der Waals surface area (Å²) in [6.07, 6.45) is 8.07. The Morgan fingerprint density at radius 2 is 1.86 bits per heavy atom. The molecule has 3 rings (SSSR count). The van der Waals surface area contributed by atoms with Gasteiger partial charge in [0.15, 0.2) is 0 Å². The summed E-state index contributed by atoms with van der Waals surface area (Å²) >= 11 is 0. The standard InChI is InChI=1S/C18H26N2O2/c19-15-8-7-14(11-15)18(21)20-16-9-5-13(6-10-16)12-22-17-3-1-2-4-17/h5-6,9-10,14-15,17H,1-4,7-8,11-12,19H2,(H,20,21). The van der Waals surface area contributed by atoms with Crippen LogP contribution in [0.5, 0.6) is 0 Å². The zero-order valence-corrected chi connectivity index (χ0v) is 13.1. The van der Waals surface area contributed by atoms with Crippen molar-refractivity contribution in [2.75, 3.05) is 5.32 Å². The van der Waals surface area contributed by atoms with Crippen LogP contribution in [0.2, 0.25) is 0 Å². The highest BCUT2D eigenvalue weighted by atomic mass is 16.5. The highest BCUT2D eigenvalue weighted by Gasteiger charge is 2.27. The van der Waals surface area contributed by atoms with Crippen molar-refractivity contribution >= 4 is 11.6 Å². The van der Waals surface area contributed by atoms with Gasteiger partial charge in [0.25, 0.3) is 0 Å². The molecule has 4 nitrogen and oxygen atoms in total. The third kappa shape index (κ3) is 4.08. The molecule has 0 heterocycles. The van der Waals surface area contributed by atoms with Gasteiger partial charge in [-0.1, -0.05) is 25.0 Å². The Morgan fingerprint density at radius 1 is 1.14 bits per heavy atom. The van der Waals surface area contributed by atoms with Crippen LogP contribution in [0.4, 0.5) is 5.69 Å². The monoisotopic (exact) mass is 302 g/mol. The first-order valence-electron chi connectivity index (χ1n) is 8.47. The number of nitrogens with two attached hydrogens (primary N) is 1. The van der Waals surface area contributed by atoms with Gasteiger partial charge in [-0.2, -0.15) is 0 Å². The van der Waals surface area contributed by atoms with Crippen LogP contribution in [0.15, 0.2) is 24.3 Å². The maximum atomic E-state index is 12.2. The molecule has 2 aliphatic carbocycles. The van der Waals surface area contributed by atoms with Crippen molar-refractivity contribution in [3.63, 3.8) is 0 Å². The van der Waals surface area contributed by atoms with Crippen LogP contribution in [0.1, 0.15) is 50.5 Å². The summed E-state index contributed by atoms with van der Waals surface area (Å²) in [7, 11) is 0. The van der Waals surface area contributed by atoms with Crippen molar-refractivity contribution in [2.45, 2.75) is 63.7 Å². The SMILES string of the molecule is NC1CCC(C(=O)Nc2ccc(COC3CCCC3)cc2)C1. The fourth-order valence-corrected chi connectivity index (χ4v) is 3.45. The summed E-state index contributed by atoms with van der Waals surface area (Å²) in [4.78, 5) is 12.2. The molecular formula is C18H26N2O2. The maximum Gasteiger partial charge on any atom is 0.227 e. The molecule has 1 aromatic rings. The van der Waals surface area contributed by atoms with Gasteiger partial charge in [0.2, 0.25) is 5.91 Å². The molecule has 0 radical (unpaired) electrons. The highest BCUT2D eigenvalue weighted by Crippen LogP contribution is 2.26. The molecule has 120 valence electrons. The molecule has 0 bridgehead atoms. The minimum absolute atomic E-state index is 0.0698. The topological polar surface area (TPSA) is 64.4 Å². The van der Waals surface area contributed by atoms with E-state index in [-0.39, 0.29) is 17.9 Å². The Morgan fingerprint density at radius 3 is 2.50 bits per heavy atom. The molecule has 2 saturated carbocycles. The summed E-state index contributed by atoms with van der Waals surface area (Å²) in [5.74, 6) is 0.170. The van der Waals surface area contributed by atoms with Gasteiger partial charge in [-0.3, -0.25) is 4.79 Å². The molecule has 2 unspecified atom stereocenters. The summed E-state index contributed by atoms with van der Waals surface area (Å²) in [6, 6.07) is 8.17. The van der Waals surface area contributed by atoms with Gasteiger partial charge in [0.05, 0.1) is 12.7 Å². The summed E-state index contributed by atoms with van der Waals surface area (Å²) in [5, 5.41) is 2.99. The van der Waals surface area contributed by atoms with E-state index in [1.807, 2.05) is 24.3 Å². The van der Waals surface area contributed by atoms with Crippen LogP contribution in [0, 0.1) is 5.92 Å². The Labute approximate surface area is 132 Å². The normalized spacial score (nSPS) is 25.5. The van der Waals surface area contributed by atoms with Crippen molar-refractivity contribution in [3.8, 4) is 0 Å². The predicted octanol–water partition coefficient (Wildman–Crippen LogP) is 3.21. The molecule has 2 atom stereocenters. The Bertz CT molecular complexity index is 494. The molecule has 0 aromatic heterocycles. The van der Waals surface area contributed by atoms with Crippen LogP contribution in [0.3, 0.4) is 0 Å². The zero-order valence-electron chi connectivity index (χ0n) is 13.1. The summed E-state index contributed by atoms with van der Waals surface area (Å²) < 4.78 is 5.90. The van der Waals surface area contributed by atoms with E-state index in [4.69, 9.17) is 10.5 Å². The molecule has 3 N–H and O–H groups in total. The van der Waals surface area contributed by atoms with E-state index in [9.17, 15) is 4.79 Å². The van der Waals surface area contributed by atoms with Crippen LogP contribution in [-0.2, 0) is 16.1 Å². The van der Waals surface area contributed by atoms with Crippen LogP contribution in [0.25, 0.3) is 0 Å². The number of benzene rings is 1. The Balaban J connectivity index is 1.47. The molecule has 2 fully saturated rings. The van der Waals surface area contributed by atoms with Crippen LogP contribution < -0.4 is 11.1 Å². The predicted molar refractivity (Wildman–Crippen MR) is 87.4 cm³/mol. The number of ether oxygens (including phenoxy) is 1. The molecule has 1 aromatic carbocycles. The van der Waals surface area contributed by atoms with Gasteiger partial charge in [0, 0.05) is 17.6 Å². The van der Waals surface area contributed by atoms with Crippen molar-refractivity contribution in [1.82, 2.24) is 0 Å². The van der Waals surface area contributed by atoms with Gasteiger partial charge in [-0.15, -0.1) is 0 Å². The van der Waals surface area contributed by atoms with E-state index in [0.717, 1.165) is 30.5 Å². The van der Waals surface area contributed by atoms with E-state index in [0.29, 0.717) is 12.7 Å². The smallest absolute Gasteiger partial charge is 0.227 e. The lowest BCUT2D eigenvalue weighted by atomic mass is 10.1. The zero-order chi connectivity index (χ0) is 15.4. The number of nitrogens with one attached hydrogen (secondary N) is 1. The molecule has 4 heteroatoms. The fourth-order valence-electron chi connectivity index (χ4n) is 3.45. The first kappa shape index (κ1) is 15.5. The second-order valence-electron chi connectivity index (χ2n) is 6.67. The van der Waals surface area contributed by atoms with Crippen LogP contribution >= 0.6 is 0 Å². The van der Waals surface area contributed by atoms with E-state index < -0.39 is 0 Å². The fraction of sp³-hybridized carbons (Fsp3) is 0.611. The largest absolute Gasteiger partial charge is 0.374 e. The van der Waals surface area contributed by atoms with Gasteiger partial charge in [-0.05, 0) is 49.8 Å². The molecule has 2 aliphatic rings. The minimum atomic E-state index is 0.0698. The molecule has 0 saturated heterocycles. The molecular weight excluding hydrogens is 276 g/mol. The number of amides is 1. The third-order valence-corrected chi connectivity index (χ3v) is 4.85. The molecule has 0 spiro atoms. The molecule has 1 amide bonds. The van der Waals surface area contributed by atoms with Crippen molar-refractivity contribution < 1.29 is 9.53 Å². The highest BCUT2D eigenvalue weighted by molar-refractivity contribution is 5.92. The summed E-state index contributed by atoms with van der Waals surface area (Å²) in [6.45, 7) is 0.663. The number of carbonyl (C=O) groups excluding carboxylic acids is 1. The first-order valence-corrected chi connectivity index (χ1v) is 8.47. The van der Waals surface area contributed by atoms with Crippen molar-refractivity contribution in [2.24, 2.45) is 11.7 Å². The van der Waals surface area contributed by atoms with Gasteiger partial charge >= 0.3 is 0 Å². The molecule has 0 aliphatic heterocycles. The maximum absolute atomic E-state index is 12.2. The quantitative estimate of drug-likeness (QED) is 0.878. The number of hydrogen-bond donors (Lipinski definition) is 2. The third-order valence-electron chi connectivity index (χ3n) is 4.85. The number of carbonyl (C=O) groups is 1. The van der Waals surface area contributed by atoms with E-state index >= 15 is 0 Å². The average Bonchev–Trinajstić information content (AvgIpc) is 3.18. The summed E-state index contributed by atoms with van der Waals surface area (Å²) in [5.41, 5.74) is 7.88. The second-order valence-corrected chi connectivity index (χ2v) is 6.67. The Hall–Kier alpha value is -1.39. The van der Waals surface area contributed by atoms with Crippen LogP contribution in [-0.4, -0.2) is 18.1 Å². The molecule has 22 heavy (non-hydrogen) atoms. The first-order chi connectivity index (χ1) is 10.7. The van der Waals surface area contributed by atoms with Crippen molar-refractivity contribution in [3.05, 3.63) is 29.8 Å². The lowest BCUT2D eigenvalue weighted by Gasteiger charge is -2.13. The van der Waals surface area contributed by atoms with E-state index in [1.54, 1.807) is 0 Å². The average molecular weight is 302 g/mol. The van der Waals surface area contributed by atoms with Gasteiger partial charge in [0.1, 0.15) is 0 Å². The Kier molecular flexibility index (Phi) is 5.11. The lowest BCUT2D eigenvalue weighted by Crippen LogP contribution is -2.23. The number of rotatable bonds is 5. The number of hydrogen-bond acceptors (Lipinski definition) is 3. The van der Waals surface area contributed by atoms with Gasteiger partial charge < -0.3 is 15.8 Å². The minimum Gasteiger partial charge on any atom is -0.374 e.